The molecule has 0 bridgehead atoms. The van der Waals surface area contributed by atoms with Gasteiger partial charge in [-0.15, -0.1) is 0 Å². The van der Waals surface area contributed by atoms with Gasteiger partial charge in [0.2, 0.25) is 0 Å². The average Bonchev–Trinajstić information content (AvgIpc) is 2.45. The predicted molar refractivity (Wildman–Crippen MR) is 94.3 cm³/mol. The molecule has 0 heterocycles. The van der Waals surface area contributed by atoms with Gasteiger partial charge in [-0.05, 0) is 40.7 Å². The van der Waals surface area contributed by atoms with Crippen LogP contribution in [0, 0.1) is 0 Å². The first-order chi connectivity index (χ1) is 9.01. The molecule has 0 amide bonds. The van der Waals surface area contributed by atoms with E-state index in [1.807, 2.05) is 0 Å². The highest BCUT2D eigenvalue weighted by atomic mass is 127. The van der Waals surface area contributed by atoms with Crippen LogP contribution in [-0.4, -0.2) is 0 Å². The van der Waals surface area contributed by atoms with Crippen LogP contribution in [0.3, 0.4) is 0 Å². The molecule has 0 saturated carbocycles. The van der Waals surface area contributed by atoms with Crippen LogP contribution in [0.25, 0.3) is 10.8 Å². The third kappa shape index (κ3) is 2.81. The molecule has 2 rings (SSSR count). The minimum Gasteiger partial charge on any atom is -0.0737 e. The van der Waals surface area contributed by atoms with Gasteiger partial charge in [-0.2, -0.15) is 0 Å². The number of alkyl halides is 1. The van der Waals surface area contributed by atoms with Gasteiger partial charge in [-0.3, -0.25) is 0 Å². The highest BCUT2D eigenvalue weighted by molar-refractivity contribution is 14.1. The smallest absolute Gasteiger partial charge is 0.0471 e. The molecule has 0 spiro atoms. The van der Waals surface area contributed by atoms with Crippen molar-refractivity contribution in [1.82, 2.24) is 0 Å². The van der Waals surface area contributed by atoms with Crippen molar-refractivity contribution >= 4 is 33.4 Å². The molecule has 0 aliphatic carbocycles. The summed E-state index contributed by atoms with van der Waals surface area (Å²) in [5.74, 6) is 0.587. The van der Waals surface area contributed by atoms with Crippen LogP contribution in [0.15, 0.2) is 36.4 Å². The van der Waals surface area contributed by atoms with E-state index >= 15 is 0 Å². The van der Waals surface area contributed by atoms with Gasteiger partial charge in [-0.1, -0.05) is 86.7 Å². The fraction of sp³-hybridized carbons (Fsp3) is 0.444. The molecule has 0 atom stereocenters. The van der Waals surface area contributed by atoms with Gasteiger partial charge in [0.05, 0.1) is 0 Å². The molecule has 19 heavy (non-hydrogen) atoms. The summed E-state index contributed by atoms with van der Waals surface area (Å²) in [6.07, 6.45) is 2.35. The largest absolute Gasteiger partial charge is 0.0737 e. The minimum absolute atomic E-state index is 0.257. The van der Waals surface area contributed by atoms with E-state index in [2.05, 4.69) is 86.7 Å². The average molecular weight is 366 g/mol. The molecule has 0 nitrogen and oxygen atoms in total. The normalized spacial score (nSPS) is 12.3. The molecule has 0 radical (unpaired) electrons. The predicted octanol–water partition coefficient (Wildman–Crippen LogP) is 6.41. The monoisotopic (exact) mass is 366 g/mol. The molecule has 0 N–H and O–H groups in total. The molecule has 0 unspecified atom stereocenters. The Morgan fingerprint density at radius 1 is 1.05 bits per heavy atom. The van der Waals surface area contributed by atoms with Crippen molar-refractivity contribution in [2.24, 2.45) is 0 Å². The lowest BCUT2D eigenvalue weighted by Crippen LogP contribution is -2.15. The van der Waals surface area contributed by atoms with Crippen molar-refractivity contribution in [2.45, 2.75) is 49.9 Å². The second-order valence-corrected chi connectivity index (χ2v) is 7.68. The minimum atomic E-state index is 0.257. The zero-order valence-corrected chi connectivity index (χ0v) is 14.5. The molecule has 1 heteroatoms. The molecule has 0 aliphatic heterocycles. The van der Waals surface area contributed by atoms with Gasteiger partial charge < -0.3 is 0 Å². The van der Waals surface area contributed by atoms with E-state index in [4.69, 9.17) is 0 Å². The second kappa shape index (κ2) is 5.82. The molecule has 0 aliphatic rings. The Labute approximate surface area is 130 Å². The number of benzene rings is 2. The van der Waals surface area contributed by atoms with Crippen molar-refractivity contribution < 1.29 is 0 Å². The number of hydrogen-bond acceptors (Lipinski definition) is 0. The standard InChI is InChI=1S/C18H23I/c1-5-18(19,6-2)17-9-7-8-14-10-11-15(13(3)4)12-16(14)17/h7-13H,5-6H2,1-4H3. The van der Waals surface area contributed by atoms with E-state index in [-0.39, 0.29) is 3.42 Å². The van der Waals surface area contributed by atoms with Crippen molar-refractivity contribution in [3.8, 4) is 0 Å². The van der Waals surface area contributed by atoms with Crippen LogP contribution in [0.4, 0.5) is 0 Å². The Morgan fingerprint density at radius 3 is 2.32 bits per heavy atom. The third-order valence-electron chi connectivity index (χ3n) is 4.18. The molecule has 0 aromatic heterocycles. The Hall–Kier alpha value is -0.570. The van der Waals surface area contributed by atoms with Crippen LogP contribution in [-0.2, 0) is 3.42 Å². The van der Waals surface area contributed by atoms with Crippen molar-refractivity contribution in [3.63, 3.8) is 0 Å². The summed E-state index contributed by atoms with van der Waals surface area (Å²) < 4.78 is 0.257. The van der Waals surface area contributed by atoms with Gasteiger partial charge in [-0.25, -0.2) is 0 Å². The van der Waals surface area contributed by atoms with Crippen LogP contribution < -0.4 is 0 Å². The fourth-order valence-electron chi connectivity index (χ4n) is 2.67. The lowest BCUT2D eigenvalue weighted by Gasteiger charge is -2.27. The Balaban J connectivity index is 2.70. The summed E-state index contributed by atoms with van der Waals surface area (Å²) in [5.41, 5.74) is 2.93. The van der Waals surface area contributed by atoms with Gasteiger partial charge in [0.25, 0.3) is 0 Å². The second-order valence-electron chi connectivity index (χ2n) is 5.61. The topological polar surface area (TPSA) is 0 Å². The van der Waals surface area contributed by atoms with E-state index in [9.17, 15) is 0 Å². The van der Waals surface area contributed by atoms with Crippen LogP contribution in [0.2, 0.25) is 0 Å². The summed E-state index contributed by atoms with van der Waals surface area (Å²) in [6.45, 7) is 9.11. The summed E-state index contributed by atoms with van der Waals surface area (Å²) in [5, 5.41) is 2.80. The molecular formula is C18H23I. The Morgan fingerprint density at radius 2 is 1.74 bits per heavy atom. The molecule has 102 valence electrons. The first-order valence-electron chi connectivity index (χ1n) is 7.24. The van der Waals surface area contributed by atoms with Crippen LogP contribution in [0.1, 0.15) is 57.6 Å². The summed E-state index contributed by atoms with van der Waals surface area (Å²) >= 11 is 2.65. The maximum atomic E-state index is 2.65. The molecule has 2 aromatic carbocycles. The van der Waals surface area contributed by atoms with Gasteiger partial charge in [0.1, 0.15) is 0 Å². The maximum Gasteiger partial charge on any atom is 0.0471 e. The van der Waals surface area contributed by atoms with Gasteiger partial charge >= 0.3 is 0 Å². The molecule has 2 aromatic rings. The zero-order valence-electron chi connectivity index (χ0n) is 12.3. The first kappa shape index (κ1) is 14.8. The fourth-order valence-corrected chi connectivity index (χ4v) is 3.14. The SMILES string of the molecule is CCC(I)(CC)c1cccc2ccc(C(C)C)cc12. The number of fused-ring (bicyclic) bond motifs is 1. The summed E-state index contributed by atoms with van der Waals surface area (Å²) in [6, 6.07) is 13.7. The van der Waals surface area contributed by atoms with Crippen LogP contribution in [0.5, 0.6) is 0 Å². The quantitative estimate of drug-likeness (QED) is 0.433. The van der Waals surface area contributed by atoms with Crippen molar-refractivity contribution in [2.75, 3.05) is 0 Å². The lowest BCUT2D eigenvalue weighted by atomic mass is 9.88. The molecular weight excluding hydrogens is 343 g/mol. The van der Waals surface area contributed by atoms with E-state index in [0.29, 0.717) is 5.92 Å². The summed E-state index contributed by atoms with van der Waals surface area (Å²) in [4.78, 5) is 0. The van der Waals surface area contributed by atoms with Crippen LogP contribution >= 0.6 is 22.6 Å². The number of halogens is 1. The highest BCUT2D eigenvalue weighted by Crippen LogP contribution is 2.42. The van der Waals surface area contributed by atoms with Crippen molar-refractivity contribution in [1.29, 1.82) is 0 Å². The van der Waals surface area contributed by atoms with Gasteiger partial charge in [0.15, 0.2) is 0 Å². The molecule has 0 fully saturated rings. The first-order valence-corrected chi connectivity index (χ1v) is 8.31. The lowest BCUT2D eigenvalue weighted by molar-refractivity contribution is 0.616. The summed E-state index contributed by atoms with van der Waals surface area (Å²) in [7, 11) is 0. The van der Waals surface area contributed by atoms with E-state index < -0.39 is 0 Å². The number of hydrogen-bond donors (Lipinski definition) is 0. The van der Waals surface area contributed by atoms with E-state index in [0.717, 1.165) is 0 Å². The van der Waals surface area contributed by atoms with E-state index in [1.54, 1.807) is 0 Å². The van der Waals surface area contributed by atoms with Gasteiger partial charge in [0, 0.05) is 3.42 Å². The Bertz CT molecular complexity index is 565. The van der Waals surface area contributed by atoms with E-state index in [1.165, 1.54) is 34.7 Å². The third-order valence-corrected chi connectivity index (χ3v) is 6.28. The zero-order chi connectivity index (χ0) is 14.0. The maximum absolute atomic E-state index is 2.65. The molecule has 0 saturated heterocycles. The Kier molecular flexibility index (Phi) is 4.54. The van der Waals surface area contributed by atoms with Crippen molar-refractivity contribution in [3.05, 3.63) is 47.5 Å². The number of rotatable bonds is 4. The highest BCUT2D eigenvalue weighted by Gasteiger charge is 2.26.